The quantitative estimate of drug-likeness (QED) is 0.0904. The van der Waals surface area contributed by atoms with Crippen LogP contribution in [0.25, 0.3) is 11.3 Å². The summed E-state index contributed by atoms with van der Waals surface area (Å²) in [6.07, 6.45) is -8.26. The first-order valence-electron chi connectivity index (χ1n) is 18.6. The van der Waals surface area contributed by atoms with Crippen molar-refractivity contribution in [2.75, 3.05) is 73.1 Å². The van der Waals surface area contributed by atoms with Gasteiger partial charge in [0.2, 0.25) is 5.82 Å². The van der Waals surface area contributed by atoms with Crippen LogP contribution in [0, 0.1) is 18.6 Å². The molecule has 2 aliphatic rings. The van der Waals surface area contributed by atoms with Crippen LogP contribution in [-0.2, 0) is 38.0 Å². The van der Waals surface area contributed by atoms with E-state index in [9.17, 15) is 41.0 Å². The normalized spacial score (nSPS) is 16.0. The summed E-state index contributed by atoms with van der Waals surface area (Å²) in [6, 6.07) is 3.52. The fourth-order valence-electron chi connectivity index (χ4n) is 7.17. The molecule has 0 bridgehead atoms. The smallest absolute Gasteiger partial charge is 0.433 e. The largest absolute Gasteiger partial charge is 0.509 e. The number of likely N-dealkylation sites (N-methyl/N-ethyl adjacent to an activating group) is 2. The Morgan fingerprint density at radius 1 is 0.917 bits per heavy atom. The third-order valence-corrected chi connectivity index (χ3v) is 10.4. The Kier molecular flexibility index (Phi) is 14.3. The van der Waals surface area contributed by atoms with Crippen molar-refractivity contribution in [1.82, 2.24) is 24.9 Å². The summed E-state index contributed by atoms with van der Waals surface area (Å²) in [5, 5.41) is 16.3. The highest BCUT2D eigenvalue weighted by atomic mass is 19.4. The van der Waals surface area contributed by atoms with Crippen LogP contribution in [0.1, 0.15) is 48.1 Å². The molecule has 0 atom stereocenters. The Morgan fingerprint density at radius 3 is 2.20 bits per heavy atom. The van der Waals surface area contributed by atoms with E-state index in [0.717, 1.165) is 11.9 Å². The zero-order valence-electron chi connectivity index (χ0n) is 33.3. The Morgan fingerprint density at radius 2 is 1.57 bits per heavy atom. The molecule has 0 saturated heterocycles. The number of hydrogen-bond donors (Lipinski definition) is 2. The van der Waals surface area contributed by atoms with E-state index in [-0.39, 0.29) is 31.6 Å². The molecule has 2 N–H and O–H groups in total. The number of benzene rings is 2. The molecule has 2 amide bonds. The van der Waals surface area contributed by atoms with Crippen LogP contribution < -0.4 is 14.8 Å². The highest BCUT2D eigenvalue weighted by Gasteiger charge is 2.53. The molecule has 1 aliphatic carbocycles. The van der Waals surface area contributed by atoms with Crippen LogP contribution in [0.3, 0.4) is 0 Å². The number of aromatic nitrogens is 2. The zero-order chi connectivity index (χ0) is 44.2. The monoisotopic (exact) mass is 860 g/mol. The molecular weight excluding hydrogens is 816 g/mol. The molecule has 1 aliphatic heterocycles. The molecule has 1 spiro atoms. The third-order valence-electron chi connectivity index (χ3n) is 10.4. The number of ether oxygens (including phenoxy) is 4. The Balaban J connectivity index is 1.55. The lowest BCUT2D eigenvalue weighted by atomic mass is 9.88. The van der Waals surface area contributed by atoms with Gasteiger partial charge in [-0.3, -0.25) is 14.6 Å². The van der Waals surface area contributed by atoms with E-state index in [1.165, 1.54) is 31.3 Å². The molecule has 21 heteroatoms. The first-order valence-corrected chi connectivity index (χ1v) is 18.6. The van der Waals surface area contributed by atoms with Gasteiger partial charge >= 0.3 is 12.4 Å². The number of halogens is 8. The van der Waals surface area contributed by atoms with Crippen LogP contribution in [0.4, 0.5) is 40.8 Å². The lowest BCUT2D eigenvalue weighted by molar-refractivity contribution is -0.163. The van der Waals surface area contributed by atoms with Crippen molar-refractivity contribution >= 4 is 17.5 Å². The van der Waals surface area contributed by atoms with E-state index >= 15 is 8.78 Å². The van der Waals surface area contributed by atoms with Crippen molar-refractivity contribution < 1.29 is 68.8 Å². The van der Waals surface area contributed by atoms with Gasteiger partial charge in [0, 0.05) is 57.1 Å². The topological polar surface area (TPSA) is 139 Å². The second-order valence-electron chi connectivity index (χ2n) is 14.2. The van der Waals surface area contributed by atoms with Crippen molar-refractivity contribution in [1.29, 1.82) is 0 Å². The molecule has 5 rings (SSSR count). The van der Waals surface area contributed by atoms with Crippen molar-refractivity contribution in [3.8, 4) is 22.8 Å². The molecule has 0 radical (unpaired) electrons. The number of rotatable bonds is 16. The van der Waals surface area contributed by atoms with Gasteiger partial charge in [0.1, 0.15) is 36.6 Å². The van der Waals surface area contributed by atoms with Crippen molar-refractivity contribution in [2.45, 2.75) is 57.0 Å². The standard InChI is InChI=1S/C39H44F8N6O7/c1-22-32(48-21-49-33(22)39(45,46)47)24-18-25(38(42,43)44)28(60-17-16-58-5)19-26(24)50-35(55)29-34(54)37(10-6-7-11-37)52(3)53(36(29)56)20-23-8-9-27(31(41)30(23)40)59-15-13-51(2)12-14-57-4/h8-9,18-19,21,54H,6-7,10-17,20H2,1-5H3,(H,50,55). The Labute approximate surface area is 339 Å². The van der Waals surface area contributed by atoms with Crippen LogP contribution in [0.15, 0.2) is 41.9 Å². The summed E-state index contributed by atoms with van der Waals surface area (Å²) in [7, 11) is 6.02. The minimum atomic E-state index is -5.13. The number of carbonyl (C=O) groups excluding carboxylic acids is 2. The molecule has 0 unspecified atom stereocenters. The Bertz CT molecular complexity index is 2090. The molecule has 328 valence electrons. The Hall–Kier alpha value is -5.12. The summed E-state index contributed by atoms with van der Waals surface area (Å²) in [6.45, 7) is 1.09. The number of hydrogen-bond acceptors (Lipinski definition) is 11. The van der Waals surface area contributed by atoms with E-state index in [1.807, 2.05) is 4.90 Å². The van der Waals surface area contributed by atoms with E-state index in [0.29, 0.717) is 51.0 Å². The average molecular weight is 861 g/mol. The maximum Gasteiger partial charge on any atom is 0.433 e. The van der Waals surface area contributed by atoms with Gasteiger partial charge in [0.25, 0.3) is 11.8 Å². The number of hydrazine groups is 1. The molecule has 3 aromatic rings. The SMILES string of the molecule is COCCOc1cc(NC(=O)C2=C(O)C3(CCCC3)N(C)N(Cc3ccc(OCCN(C)CCOC)c(F)c3F)C2=O)c(-c2ncnc(C(F)(F)F)c2C)cc1C(F)(F)F. The summed E-state index contributed by atoms with van der Waals surface area (Å²) in [5.41, 5.74) is -8.09. The number of methoxy groups -OCH3 is 2. The van der Waals surface area contributed by atoms with Crippen LogP contribution >= 0.6 is 0 Å². The molecule has 60 heavy (non-hydrogen) atoms. The van der Waals surface area contributed by atoms with Gasteiger partial charge in [-0.15, -0.1) is 0 Å². The van der Waals surface area contributed by atoms with Gasteiger partial charge in [0.05, 0.1) is 42.2 Å². The summed E-state index contributed by atoms with van der Waals surface area (Å²) < 4.78 is 137. The van der Waals surface area contributed by atoms with Crippen LogP contribution in [-0.4, -0.2) is 115 Å². The van der Waals surface area contributed by atoms with Gasteiger partial charge in [-0.1, -0.05) is 18.9 Å². The first kappa shape index (κ1) is 46.0. The highest BCUT2D eigenvalue weighted by molar-refractivity contribution is 6.24. The molecule has 2 heterocycles. The molecule has 1 aromatic heterocycles. The first-order chi connectivity index (χ1) is 28.3. The molecule has 1 saturated carbocycles. The number of aliphatic hydroxyl groups is 1. The van der Waals surface area contributed by atoms with Crippen molar-refractivity contribution in [3.05, 3.63) is 75.9 Å². The predicted octanol–water partition coefficient (Wildman–Crippen LogP) is 6.70. The van der Waals surface area contributed by atoms with Gasteiger partial charge in [-0.2, -0.15) is 30.7 Å². The number of alkyl halides is 6. The van der Waals surface area contributed by atoms with E-state index in [2.05, 4.69) is 15.3 Å². The number of carbonyl (C=O) groups is 2. The number of aliphatic hydroxyl groups excluding tert-OH is 1. The van der Waals surface area contributed by atoms with E-state index in [1.54, 1.807) is 14.2 Å². The maximum absolute atomic E-state index is 15.7. The zero-order valence-corrected chi connectivity index (χ0v) is 33.3. The predicted molar refractivity (Wildman–Crippen MR) is 199 cm³/mol. The molecule has 1 fully saturated rings. The number of nitrogens with zero attached hydrogens (tertiary/aromatic N) is 5. The minimum Gasteiger partial charge on any atom is -0.509 e. The lowest BCUT2D eigenvalue weighted by Gasteiger charge is -2.48. The molecule has 2 aromatic carbocycles. The van der Waals surface area contributed by atoms with Gasteiger partial charge in [-0.05, 0) is 38.9 Å². The van der Waals surface area contributed by atoms with Crippen LogP contribution in [0.5, 0.6) is 11.5 Å². The van der Waals surface area contributed by atoms with E-state index in [4.69, 9.17) is 18.9 Å². The second kappa shape index (κ2) is 18.7. The van der Waals surface area contributed by atoms with E-state index < -0.39 is 111 Å². The maximum atomic E-state index is 15.7. The average Bonchev–Trinajstić information content (AvgIpc) is 3.68. The minimum absolute atomic E-state index is 0.00996. The van der Waals surface area contributed by atoms with Crippen molar-refractivity contribution in [3.63, 3.8) is 0 Å². The molecule has 13 nitrogen and oxygen atoms in total. The van der Waals surface area contributed by atoms with Gasteiger partial charge in [-0.25, -0.2) is 19.4 Å². The van der Waals surface area contributed by atoms with Crippen LogP contribution in [0.2, 0.25) is 0 Å². The highest BCUT2D eigenvalue weighted by Crippen LogP contribution is 2.47. The second-order valence-corrected chi connectivity index (χ2v) is 14.2. The van der Waals surface area contributed by atoms with Gasteiger partial charge < -0.3 is 34.3 Å². The summed E-state index contributed by atoms with van der Waals surface area (Å²) in [5.74, 6) is -7.20. The summed E-state index contributed by atoms with van der Waals surface area (Å²) >= 11 is 0. The fourth-order valence-corrected chi connectivity index (χ4v) is 7.17. The number of amides is 2. The number of nitrogens with one attached hydrogen (secondary N) is 1. The molecular formula is C39H44F8N6O7. The number of anilines is 1. The van der Waals surface area contributed by atoms with Crippen molar-refractivity contribution in [2.24, 2.45) is 0 Å². The van der Waals surface area contributed by atoms with Gasteiger partial charge in [0.15, 0.2) is 17.3 Å². The fraction of sp³-hybridized carbons (Fsp3) is 0.487. The summed E-state index contributed by atoms with van der Waals surface area (Å²) in [4.78, 5) is 37.5. The lowest BCUT2D eigenvalue weighted by Crippen LogP contribution is -2.62. The third kappa shape index (κ3) is 9.58.